The molecule has 2 N–H and O–H groups in total. The number of benzene rings is 2. The molecular weight excluding hydrogens is 386 g/mol. The van der Waals surface area contributed by atoms with Crippen LogP contribution in [0.2, 0.25) is 5.02 Å². The summed E-state index contributed by atoms with van der Waals surface area (Å²) in [6.45, 7) is 0.264. The molecule has 0 saturated heterocycles. The first-order valence-corrected chi connectivity index (χ1v) is 9.44. The van der Waals surface area contributed by atoms with Gasteiger partial charge in [0.2, 0.25) is 5.16 Å². The van der Waals surface area contributed by atoms with Crippen molar-refractivity contribution in [2.24, 2.45) is 0 Å². The molecule has 0 aliphatic carbocycles. The summed E-state index contributed by atoms with van der Waals surface area (Å²) in [6, 6.07) is 14.3. The van der Waals surface area contributed by atoms with E-state index < -0.39 is 0 Å². The SMILES string of the molecule is O=c1[nH]c(CSc2n[nH]c(COc3ccc(Cl)cc3)n2)nc2ccccc12. The van der Waals surface area contributed by atoms with E-state index in [-0.39, 0.29) is 12.2 Å². The van der Waals surface area contributed by atoms with Crippen LogP contribution in [-0.4, -0.2) is 25.1 Å². The zero-order chi connectivity index (χ0) is 18.6. The van der Waals surface area contributed by atoms with Crippen LogP contribution in [0, 0.1) is 0 Å². The molecule has 0 saturated carbocycles. The molecule has 2 aromatic carbocycles. The summed E-state index contributed by atoms with van der Waals surface area (Å²) < 4.78 is 5.63. The Hall–Kier alpha value is -2.84. The van der Waals surface area contributed by atoms with Gasteiger partial charge in [-0.3, -0.25) is 9.89 Å². The third kappa shape index (κ3) is 4.29. The third-order valence-corrected chi connectivity index (χ3v) is 4.81. The largest absolute Gasteiger partial charge is 0.486 e. The highest BCUT2D eigenvalue weighted by Gasteiger charge is 2.08. The van der Waals surface area contributed by atoms with E-state index in [1.165, 1.54) is 11.8 Å². The van der Waals surface area contributed by atoms with Crippen LogP contribution >= 0.6 is 23.4 Å². The van der Waals surface area contributed by atoms with E-state index in [4.69, 9.17) is 16.3 Å². The van der Waals surface area contributed by atoms with E-state index in [9.17, 15) is 4.79 Å². The van der Waals surface area contributed by atoms with Gasteiger partial charge in [0.25, 0.3) is 5.56 Å². The molecule has 9 heteroatoms. The van der Waals surface area contributed by atoms with Crippen LogP contribution < -0.4 is 10.3 Å². The minimum absolute atomic E-state index is 0.150. The van der Waals surface area contributed by atoms with Gasteiger partial charge in [-0.15, -0.1) is 5.10 Å². The zero-order valence-corrected chi connectivity index (χ0v) is 15.5. The molecule has 2 aromatic heterocycles. The Bertz CT molecular complexity index is 1130. The van der Waals surface area contributed by atoms with Crippen LogP contribution in [-0.2, 0) is 12.4 Å². The van der Waals surface area contributed by atoms with Crippen molar-refractivity contribution in [3.05, 3.63) is 75.6 Å². The number of para-hydroxylation sites is 1. The number of aromatic amines is 2. The lowest BCUT2D eigenvalue weighted by molar-refractivity contribution is 0.296. The molecular formula is C18H14ClN5O2S. The first-order chi connectivity index (χ1) is 13.2. The number of rotatable bonds is 6. The molecule has 4 aromatic rings. The van der Waals surface area contributed by atoms with E-state index in [0.717, 1.165) is 0 Å². The average molecular weight is 400 g/mol. The van der Waals surface area contributed by atoms with Gasteiger partial charge in [0, 0.05) is 5.02 Å². The fourth-order valence-corrected chi connectivity index (χ4v) is 3.24. The van der Waals surface area contributed by atoms with Crippen molar-refractivity contribution in [3.63, 3.8) is 0 Å². The standard InChI is InChI=1S/C18H14ClN5O2S/c19-11-5-7-12(8-6-11)26-9-15-22-18(24-23-15)27-10-16-20-14-4-2-1-3-13(14)17(25)21-16/h1-8H,9-10H2,(H,20,21,25)(H,22,23,24). The predicted molar refractivity (Wildman–Crippen MR) is 104 cm³/mol. The summed E-state index contributed by atoms with van der Waals surface area (Å²) in [7, 11) is 0. The van der Waals surface area contributed by atoms with E-state index in [1.54, 1.807) is 30.3 Å². The van der Waals surface area contributed by atoms with Gasteiger partial charge in [-0.1, -0.05) is 35.5 Å². The molecule has 27 heavy (non-hydrogen) atoms. The number of nitrogens with one attached hydrogen (secondary N) is 2. The lowest BCUT2D eigenvalue weighted by atomic mass is 10.2. The van der Waals surface area contributed by atoms with Crippen molar-refractivity contribution in [1.29, 1.82) is 0 Å². The van der Waals surface area contributed by atoms with Gasteiger partial charge in [0.1, 0.15) is 18.2 Å². The van der Waals surface area contributed by atoms with Crippen molar-refractivity contribution < 1.29 is 4.74 Å². The van der Waals surface area contributed by atoms with Crippen molar-refractivity contribution in [3.8, 4) is 5.75 Å². The predicted octanol–water partition coefficient (Wildman–Crippen LogP) is 3.57. The van der Waals surface area contributed by atoms with Crippen LogP contribution in [0.15, 0.2) is 58.5 Å². The second kappa shape index (κ2) is 7.81. The minimum Gasteiger partial charge on any atom is -0.486 e. The molecule has 0 atom stereocenters. The normalized spacial score (nSPS) is 11.0. The van der Waals surface area contributed by atoms with Crippen molar-refractivity contribution in [2.75, 3.05) is 0 Å². The molecule has 136 valence electrons. The van der Waals surface area contributed by atoms with E-state index in [1.807, 2.05) is 18.2 Å². The Labute approximate surface area is 163 Å². The van der Waals surface area contributed by atoms with E-state index in [2.05, 4.69) is 25.1 Å². The number of fused-ring (bicyclic) bond motifs is 1. The maximum Gasteiger partial charge on any atom is 0.258 e. The Morgan fingerprint density at radius 2 is 1.85 bits per heavy atom. The molecule has 0 spiro atoms. The molecule has 0 aliphatic rings. The fraction of sp³-hybridized carbons (Fsp3) is 0.111. The molecule has 0 aliphatic heterocycles. The van der Waals surface area contributed by atoms with Gasteiger partial charge in [0.05, 0.1) is 16.7 Å². The van der Waals surface area contributed by atoms with Gasteiger partial charge >= 0.3 is 0 Å². The van der Waals surface area contributed by atoms with Crippen LogP contribution in [0.1, 0.15) is 11.6 Å². The Morgan fingerprint density at radius 3 is 2.70 bits per heavy atom. The van der Waals surface area contributed by atoms with Gasteiger partial charge in [0.15, 0.2) is 5.82 Å². The maximum absolute atomic E-state index is 12.1. The summed E-state index contributed by atoms with van der Waals surface area (Å²) >= 11 is 7.22. The Kier molecular flexibility index (Phi) is 5.08. The summed E-state index contributed by atoms with van der Waals surface area (Å²) in [5.41, 5.74) is 0.520. The summed E-state index contributed by atoms with van der Waals surface area (Å²) in [6.07, 6.45) is 0. The molecule has 7 nitrogen and oxygen atoms in total. The lowest BCUT2D eigenvalue weighted by Crippen LogP contribution is -2.11. The zero-order valence-electron chi connectivity index (χ0n) is 14.0. The summed E-state index contributed by atoms with van der Waals surface area (Å²) in [4.78, 5) is 23.7. The number of halogens is 1. The number of aromatic nitrogens is 5. The molecule has 4 rings (SSSR count). The van der Waals surface area contributed by atoms with Crippen molar-refractivity contribution >= 4 is 34.3 Å². The first kappa shape index (κ1) is 17.6. The average Bonchev–Trinajstić information content (AvgIpc) is 3.14. The summed E-state index contributed by atoms with van der Waals surface area (Å²) in [5, 5.41) is 8.77. The van der Waals surface area contributed by atoms with Crippen LogP contribution in [0.4, 0.5) is 0 Å². The Balaban J connectivity index is 1.38. The smallest absolute Gasteiger partial charge is 0.258 e. The fourth-order valence-electron chi connectivity index (χ4n) is 2.43. The van der Waals surface area contributed by atoms with Crippen LogP contribution in [0.25, 0.3) is 10.9 Å². The van der Waals surface area contributed by atoms with Gasteiger partial charge in [-0.05, 0) is 36.4 Å². The van der Waals surface area contributed by atoms with Gasteiger partial charge in [-0.2, -0.15) is 0 Å². The molecule has 0 bridgehead atoms. The number of H-pyrrole nitrogens is 2. The topological polar surface area (TPSA) is 96.5 Å². The van der Waals surface area contributed by atoms with E-state index >= 15 is 0 Å². The molecule has 2 heterocycles. The lowest BCUT2D eigenvalue weighted by Gasteiger charge is -2.03. The molecule has 0 fully saturated rings. The summed E-state index contributed by atoms with van der Waals surface area (Å²) in [5.74, 6) is 2.33. The molecule has 0 unspecified atom stereocenters. The maximum atomic E-state index is 12.1. The Morgan fingerprint density at radius 1 is 1.04 bits per heavy atom. The number of hydrogen-bond donors (Lipinski definition) is 2. The highest BCUT2D eigenvalue weighted by Crippen LogP contribution is 2.19. The second-order valence-corrected chi connectivity index (χ2v) is 7.00. The first-order valence-electron chi connectivity index (χ1n) is 8.08. The van der Waals surface area contributed by atoms with Crippen LogP contribution in [0.3, 0.4) is 0 Å². The van der Waals surface area contributed by atoms with Crippen LogP contribution in [0.5, 0.6) is 5.75 Å². The third-order valence-electron chi connectivity index (χ3n) is 3.70. The minimum atomic E-state index is -0.150. The molecule has 0 radical (unpaired) electrons. The highest BCUT2D eigenvalue weighted by atomic mass is 35.5. The number of thioether (sulfide) groups is 1. The number of nitrogens with zero attached hydrogens (tertiary/aromatic N) is 3. The van der Waals surface area contributed by atoms with E-state index in [0.29, 0.717) is 44.2 Å². The van der Waals surface area contributed by atoms with Crippen molar-refractivity contribution in [2.45, 2.75) is 17.5 Å². The monoisotopic (exact) mass is 399 g/mol. The van der Waals surface area contributed by atoms with Gasteiger partial charge < -0.3 is 9.72 Å². The number of ether oxygens (including phenoxy) is 1. The quantitative estimate of drug-likeness (QED) is 0.481. The second-order valence-electron chi connectivity index (χ2n) is 5.63. The number of hydrogen-bond acceptors (Lipinski definition) is 6. The highest BCUT2D eigenvalue weighted by molar-refractivity contribution is 7.98. The molecule has 0 amide bonds. The van der Waals surface area contributed by atoms with Gasteiger partial charge in [-0.25, -0.2) is 9.97 Å². The van der Waals surface area contributed by atoms with Crippen molar-refractivity contribution in [1.82, 2.24) is 25.1 Å².